The number of hydrogen-bond acceptors (Lipinski definition) is 2. The van der Waals surface area contributed by atoms with Crippen LogP contribution in [0.25, 0.3) is 0 Å². The molecule has 0 aliphatic heterocycles. The number of nitrogen functional groups attached to an aromatic ring is 1. The topological polar surface area (TPSA) is 38.0 Å². The molecule has 0 amide bonds. The van der Waals surface area contributed by atoms with Crippen LogP contribution >= 0.6 is 0 Å². The van der Waals surface area contributed by atoms with Crippen molar-refractivity contribution in [2.24, 2.45) is 23.2 Å². The van der Waals surface area contributed by atoms with Crippen LogP contribution in [0.3, 0.4) is 0 Å². The molecule has 1 unspecified atom stereocenters. The molecule has 0 heterocycles. The molecule has 1 atom stereocenters. The van der Waals surface area contributed by atoms with Gasteiger partial charge in [-0.05, 0) is 86.8 Å². The van der Waals surface area contributed by atoms with Gasteiger partial charge in [0.1, 0.15) is 5.82 Å². The maximum atomic E-state index is 13.5. The first kappa shape index (κ1) is 13.4. The van der Waals surface area contributed by atoms with E-state index in [1.807, 2.05) is 0 Å². The number of benzene rings is 1. The summed E-state index contributed by atoms with van der Waals surface area (Å²) in [6.45, 7) is 2.28. The largest absolute Gasteiger partial charge is 0.397 e. The Morgan fingerprint density at radius 2 is 1.71 bits per heavy atom. The maximum absolute atomic E-state index is 13.5. The molecule has 114 valence electrons. The van der Waals surface area contributed by atoms with E-state index < -0.39 is 0 Å². The van der Waals surface area contributed by atoms with Crippen molar-refractivity contribution in [3.63, 3.8) is 0 Å². The van der Waals surface area contributed by atoms with Gasteiger partial charge in [0.15, 0.2) is 0 Å². The molecule has 0 radical (unpaired) electrons. The average molecular weight is 288 g/mol. The van der Waals surface area contributed by atoms with Crippen molar-refractivity contribution in [3.05, 3.63) is 24.0 Å². The molecular formula is C18H25FN2. The third kappa shape index (κ3) is 2.21. The second-order valence-corrected chi connectivity index (χ2v) is 7.88. The van der Waals surface area contributed by atoms with Crippen LogP contribution in [0.1, 0.15) is 45.4 Å². The fourth-order valence-corrected chi connectivity index (χ4v) is 5.75. The van der Waals surface area contributed by atoms with Gasteiger partial charge < -0.3 is 11.1 Å². The van der Waals surface area contributed by atoms with Gasteiger partial charge in [0, 0.05) is 6.04 Å². The molecule has 4 aliphatic carbocycles. The van der Waals surface area contributed by atoms with Crippen LogP contribution in [0, 0.1) is 29.0 Å². The number of anilines is 2. The highest BCUT2D eigenvalue weighted by Gasteiger charge is 2.53. The molecule has 0 aromatic heterocycles. The van der Waals surface area contributed by atoms with Crippen molar-refractivity contribution in [1.82, 2.24) is 0 Å². The molecular weight excluding hydrogens is 263 g/mol. The molecule has 0 spiro atoms. The Morgan fingerprint density at radius 1 is 1.14 bits per heavy atom. The van der Waals surface area contributed by atoms with Crippen LogP contribution in [0.4, 0.5) is 15.8 Å². The standard InChI is InChI=1S/C18H25FN2/c1-11(21-17-7-15(19)2-3-16(17)20)18-8-12-4-13(9-18)6-14(5-12)10-18/h2-3,7,11-14,21H,4-6,8-10,20H2,1H3. The highest BCUT2D eigenvalue weighted by molar-refractivity contribution is 5.66. The van der Waals surface area contributed by atoms with Crippen molar-refractivity contribution < 1.29 is 4.39 Å². The number of nitrogens with one attached hydrogen (secondary N) is 1. The quantitative estimate of drug-likeness (QED) is 0.808. The second-order valence-electron chi connectivity index (χ2n) is 7.88. The van der Waals surface area contributed by atoms with E-state index in [4.69, 9.17) is 5.73 Å². The normalized spacial score (nSPS) is 38.5. The van der Waals surface area contributed by atoms with Crippen LogP contribution < -0.4 is 11.1 Å². The van der Waals surface area contributed by atoms with Gasteiger partial charge in [0.05, 0.1) is 11.4 Å². The Morgan fingerprint density at radius 3 is 2.29 bits per heavy atom. The van der Waals surface area contributed by atoms with Gasteiger partial charge in [-0.2, -0.15) is 0 Å². The number of rotatable bonds is 3. The molecule has 4 aliphatic rings. The lowest BCUT2D eigenvalue weighted by Gasteiger charge is -2.59. The van der Waals surface area contributed by atoms with Gasteiger partial charge in [-0.25, -0.2) is 4.39 Å². The maximum Gasteiger partial charge on any atom is 0.125 e. The smallest absolute Gasteiger partial charge is 0.125 e. The summed E-state index contributed by atoms with van der Waals surface area (Å²) in [6.07, 6.45) is 8.41. The van der Waals surface area contributed by atoms with E-state index >= 15 is 0 Å². The first-order valence-corrected chi connectivity index (χ1v) is 8.36. The Balaban J connectivity index is 1.57. The average Bonchev–Trinajstić information content (AvgIpc) is 2.41. The Hall–Kier alpha value is -1.25. The van der Waals surface area contributed by atoms with Gasteiger partial charge in [0.2, 0.25) is 0 Å². The molecule has 1 aromatic rings. The summed E-state index contributed by atoms with van der Waals surface area (Å²) < 4.78 is 13.5. The van der Waals surface area contributed by atoms with Gasteiger partial charge in [-0.15, -0.1) is 0 Å². The van der Waals surface area contributed by atoms with Crippen molar-refractivity contribution in [2.45, 2.75) is 51.5 Å². The predicted molar refractivity (Wildman–Crippen MR) is 84.5 cm³/mol. The monoisotopic (exact) mass is 288 g/mol. The molecule has 3 heteroatoms. The van der Waals surface area contributed by atoms with Crippen molar-refractivity contribution in [2.75, 3.05) is 11.1 Å². The predicted octanol–water partition coefficient (Wildman–Crippen LogP) is 4.42. The highest BCUT2D eigenvalue weighted by Crippen LogP contribution is 2.61. The van der Waals surface area contributed by atoms with Crippen LogP contribution in [0.2, 0.25) is 0 Å². The molecule has 4 fully saturated rings. The minimum Gasteiger partial charge on any atom is -0.397 e. The van der Waals surface area contributed by atoms with Gasteiger partial charge in [0.25, 0.3) is 0 Å². The van der Waals surface area contributed by atoms with Crippen molar-refractivity contribution >= 4 is 11.4 Å². The minimum absolute atomic E-state index is 0.218. The van der Waals surface area contributed by atoms with E-state index in [0.717, 1.165) is 23.4 Å². The van der Waals surface area contributed by atoms with E-state index in [9.17, 15) is 4.39 Å². The lowest BCUT2D eigenvalue weighted by atomic mass is 9.48. The van der Waals surface area contributed by atoms with Crippen LogP contribution in [-0.4, -0.2) is 6.04 Å². The van der Waals surface area contributed by atoms with E-state index in [1.54, 1.807) is 6.07 Å². The second kappa shape index (κ2) is 4.62. The first-order valence-electron chi connectivity index (χ1n) is 8.36. The molecule has 2 nitrogen and oxygen atoms in total. The van der Waals surface area contributed by atoms with Crippen LogP contribution in [-0.2, 0) is 0 Å². The lowest BCUT2D eigenvalue weighted by Crippen LogP contribution is -2.52. The summed E-state index contributed by atoms with van der Waals surface area (Å²) in [6, 6.07) is 4.99. The minimum atomic E-state index is -0.218. The van der Waals surface area contributed by atoms with E-state index in [-0.39, 0.29) is 5.82 Å². The summed E-state index contributed by atoms with van der Waals surface area (Å²) in [5.74, 6) is 2.59. The van der Waals surface area contributed by atoms with Gasteiger partial charge in [-0.3, -0.25) is 0 Å². The van der Waals surface area contributed by atoms with E-state index in [1.165, 1.54) is 50.7 Å². The zero-order valence-electron chi connectivity index (χ0n) is 12.7. The Bertz CT molecular complexity index is 519. The van der Waals surface area contributed by atoms with Gasteiger partial charge >= 0.3 is 0 Å². The van der Waals surface area contributed by atoms with Gasteiger partial charge in [-0.1, -0.05) is 0 Å². The Labute approximate surface area is 126 Å². The molecule has 3 N–H and O–H groups in total. The van der Waals surface area contributed by atoms with E-state index in [0.29, 0.717) is 17.1 Å². The molecule has 5 rings (SSSR count). The zero-order valence-corrected chi connectivity index (χ0v) is 12.7. The number of halogens is 1. The van der Waals surface area contributed by atoms with Crippen LogP contribution in [0.5, 0.6) is 0 Å². The van der Waals surface area contributed by atoms with Crippen LogP contribution in [0.15, 0.2) is 18.2 Å². The summed E-state index contributed by atoms with van der Waals surface area (Å²) in [5, 5.41) is 3.54. The third-order valence-corrected chi connectivity index (χ3v) is 6.39. The fraction of sp³-hybridized carbons (Fsp3) is 0.667. The number of nitrogens with two attached hydrogens (primary N) is 1. The summed E-state index contributed by atoms with van der Waals surface area (Å²) in [7, 11) is 0. The fourth-order valence-electron chi connectivity index (χ4n) is 5.75. The molecule has 0 saturated heterocycles. The summed E-state index contributed by atoms with van der Waals surface area (Å²) in [4.78, 5) is 0. The summed E-state index contributed by atoms with van der Waals surface area (Å²) >= 11 is 0. The highest BCUT2D eigenvalue weighted by atomic mass is 19.1. The van der Waals surface area contributed by atoms with E-state index in [2.05, 4.69) is 12.2 Å². The Kier molecular flexibility index (Phi) is 2.95. The third-order valence-electron chi connectivity index (χ3n) is 6.39. The van der Waals surface area contributed by atoms with Crippen molar-refractivity contribution in [1.29, 1.82) is 0 Å². The molecule has 21 heavy (non-hydrogen) atoms. The lowest BCUT2D eigenvalue weighted by molar-refractivity contribution is -0.0602. The summed E-state index contributed by atoms with van der Waals surface area (Å²) in [5.41, 5.74) is 7.82. The first-order chi connectivity index (χ1) is 10.0. The zero-order chi connectivity index (χ0) is 14.6. The SMILES string of the molecule is CC(Nc1cc(F)ccc1N)C12CC3CC(CC(C3)C1)C2. The molecule has 1 aromatic carbocycles. The molecule has 4 saturated carbocycles. The molecule has 4 bridgehead atoms. The number of hydrogen-bond donors (Lipinski definition) is 2. The van der Waals surface area contributed by atoms with Crippen molar-refractivity contribution in [3.8, 4) is 0 Å².